The van der Waals surface area contributed by atoms with Gasteiger partial charge in [0, 0.05) is 136 Å². The van der Waals surface area contributed by atoms with Gasteiger partial charge in [0.05, 0.1) is 58.0 Å². The topological polar surface area (TPSA) is 315 Å². The van der Waals surface area contributed by atoms with Crippen LogP contribution in [0.5, 0.6) is 0 Å². The maximum atomic E-state index is 13.7. The molecule has 0 bridgehead atoms. The smallest absolute Gasteiger partial charge is 0.408 e. The van der Waals surface area contributed by atoms with Crippen molar-refractivity contribution in [1.29, 1.82) is 0 Å². The van der Waals surface area contributed by atoms with Gasteiger partial charge < -0.3 is 72.2 Å². The molecule has 0 aliphatic carbocycles. The van der Waals surface area contributed by atoms with Crippen molar-refractivity contribution in [1.82, 2.24) is 10.6 Å². The van der Waals surface area contributed by atoms with Gasteiger partial charge in [-0.05, 0) is 118 Å². The van der Waals surface area contributed by atoms with Crippen molar-refractivity contribution in [3.63, 3.8) is 0 Å². The molecule has 1 aromatic rings. The van der Waals surface area contributed by atoms with Crippen molar-refractivity contribution >= 4 is 58.8 Å². The number of alkyl carbamates (subject to hydrolysis) is 1. The van der Waals surface area contributed by atoms with E-state index in [4.69, 9.17) is 61.6 Å². The molecule has 0 spiro atoms. The van der Waals surface area contributed by atoms with Gasteiger partial charge in [-0.2, -0.15) is 0 Å². The lowest BCUT2D eigenvalue weighted by Crippen LogP contribution is -2.58. The number of amides is 2. The fraction of sp³-hybridized carbons (Fsp3) is 0.807. The molecule has 1 aromatic carbocycles. The molecule has 616 valence electrons. The zero-order valence-electron chi connectivity index (χ0n) is 67.5. The first-order valence-corrected chi connectivity index (χ1v) is 40.5. The molecule has 0 radical (unpaired) electrons. The molecule has 2 amide bonds. The Labute approximate surface area is 644 Å². The van der Waals surface area contributed by atoms with Crippen LogP contribution in [-0.4, -0.2) is 187 Å². The molecule has 3 saturated heterocycles. The monoisotopic (exact) mass is 1530 g/mol. The third-order valence-corrected chi connectivity index (χ3v) is 22.0. The number of hydrogen-bond acceptors (Lipinski definition) is 23. The summed E-state index contributed by atoms with van der Waals surface area (Å²) in [5, 5.41) is 5.81. The standard InChI is InChI=1S/C83H136N2O23/c1-57-60(4)75(51-102-66(10)86)106-79(63(57)7)99-44-27-23-37-70(89)32-18-14-20-34-73(92)40-47-96-54-83(85-82(95)105-50-69-30-16-13-17-31-69,55-97-48-41-74(93)35-21-15-19-33-71(90)38-24-28-45-100-80-64(8)58(2)61(5)76(107-80)52-103-67(11)87)56-98-49-42-78(94)84-43-26-22-36-72(91)39-25-29-46-101-81-65(9)59(3)62(6)77(108-81)53-104-68(12)88/h13,16-17,30-31,57-65,75-77,79-81H,14-15,18-29,32-56H2,1-12H3,(H,84,94)(H,85,95)/t57-,58-,59-,60+,61+,62+,63?,64?,65?,75?,76?,77?,79+,80+,81+,83?/m0/s1. The molecule has 3 heterocycles. The minimum atomic E-state index is -1.40. The van der Waals surface area contributed by atoms with Crippen molar-refractivity contribution in [2.24, 2.45) is 53.3 Å². The first-order valence-electron chi connectivity index (χ1n) is 40.5. The number of rotatable bonds is 59. The molecular weight excluding hydrogens is 1390 g/mol. The molecule has 4 rings (SSSR count). The summed E-state index contributed by atoms with van der Waals surface area (Å²) in [5.41, 5.74) is -0.653. The normalized spacial score (nSPS) is 24.7. The quantitative estimate of drug-likeness (QED) is 0.0348. The number of Topliss-reactive ketones (excluding diaryl/α,β-unsaturated/α-hetero) is 5. The van der Waals surface area contributed by atoms with E-state index in [1.807, 2.05) is 30.3 Å². The average Bonchev–Trinajstić information content (AvgIpc) is 0.827. The molecule has 3 aliphatic rings. The van der Waals surface area contributed by atoms with Crippen molar-refractivity contribution in [3.05, 3.63) is 35.9 Å². The van der Waals surface area contributed by atoms with Crippen LogP contribution in [0.2, 0.25) is 0 Å². The van der Waals surface area contributed by atoms with Crippen LogP contribution in [0.3, 0.4) is 0 Å². The number of hydrogen-bond donors (Lipinski definition) is 2. The molecule has 3 aliphatic heterocycles. The van der Waals surface area contributed by atoms with E-state index in [9.17, 15) is 47.9 Å². The van der Waals surface area contributed by atoms with E-state index < -0.39 is 30.5 Å². The molecule has 25 nitrogen and oxygen atoms in total. The van der Waals surface area contributed by atoms with Gasteiger partial charge in [0.25, 0.3) is 0 Å². The van der Waals surface area contributed by atoms with Gasteiger partial charge in [0.2, 0.25) is 5.91 Å². The fourth-order valence-electron chi connectivity index (χ4n) is 13.7. The first-order chi connectivity index (χ1) is 51.7. The van der Waals surface area contributed by atoms with E-state index in [1.54, 1.807) is 0 Å². The highest BCUT2D eigenvalue weighted by Crippen LogP contribution is 2.38. The Balaban J connectivity index is 1.22. The van der Waals surface area contributed by atoms with Crippen LogP contribution < -0.4 is 10.6 Å². The highest BCUT2D eigenvalue weighted by Gasteiger charge is 2.43. The van der Waals surface area contributed by atoms with Gasteiger partial charge in [0.15, 0.2) is 18.9 Å². The van der Waals surface area contributed by atoms with Crippen LogP contribution in [-0.2, 0) is 111 Å². The van der Waals surface area contributed by atoms with Crippen molar-refractivity contribution < 1.29 is 110 Å². The van der Waals surface area contributed by atoms with Crippen LogP contribution in [0.15, 0.2) is 30.3 Å². The van der Waals surface area contributed by atoms with Gasteiger partial charge in [-0.25, -0.2) is 4.79 Å². The van der Waals surface area contributed by atoms with E-state index >= 15 is 0 Å². The lowest BCUT2D eigenvalue weighted by molar-refractivity contribution is -0.255. The molecule has 25 heteroatoms. The Bertz CT molecular complexity index is 2540. The molecule has 15 atom stereocenters. The molecule has 0 saturated carbocycles. The van der Waals surface area contributed by atoms with Crippen LogP contribution in [0, 0.1) is 53.3 Å². The largest absolute Gasteiger partial charge is 0.463 e. The SMILES string of the molecule is CC(=O)OCC1O[C@@H](OCCCCC(=O)CCCCCC(=O)CCOCC(COCCC(=O)CCCCCC(=O)CCCCO[C@@H]2OC(COC(C)=O)[C@H](C)[C@H](C)C2C)(COCCC(=O)NCCCCC(=O)CCCCO[C@@H]2OC(COC(C)=O)[C@H](C)[C@H](C)C2C)NC(=O)OCc2ccccc2)C(C)[C@@H](C)[C@H]1C. The van der Waals surface area contributed by atoms with Crippen molar-refractivity contribution in [3.8, 4) is 0 Å². The number of carbonyl (C=O) groups excluding carboxylic acids is 10. The second-order valence-electron chi connectivity index (χ2n) is 30.7. The summed E-state index contributed by atoms with van der Waals surface area (Å²) >= 11 is 0. The Morgan fingerprint density at radius 3 is 1.01 bits per heavy atom. The lowest BCUT2D eigenvalue weighted by atomic mass is 9.79. The summed E-state index contributed by atoms with van der Waals surface area (Å²) in [4.78, 5) is 126. The Morgan fingerprint density at radius 1 is 0.352 bits per heavy atom. The highest BCUT2D eigenvalue weighted by atomic mass is 16.7. The van der Waals surface area contributed by atoms with Crippen LogP contribution in [0.25, 0.3) is 0 Å². The third kappa shape index (κ3) is 39.0. The number of nitrogens with one attached hydrogen (secondary N) is 2. The Kier molecular flexibility index (Phi) is 47.5. The number of esters is 3. The van der Waals surface area contributed by atoms with E-state index in [2.05, 4.69) is 72.9 Å². The maximum absolute atomic E-state index is 13.7. The summed E-state index contributed by atoms with van der Waals surface area (Å²) in [7, 11) is 0. The summed E-state index contributed by atoms with van der Waals surface area (Å²) in [6.07, 6.45) is 9.82. The van der Waals surface area contributed by atoms with E-state index in [0.717, 1.165) is 5.56 Å². The van der Waals surface area contributed by atoms with Crippen LogP contribution >= 0.6 is 0 Å². The Morgan fingerprint density at radius 2 is 0.667 bits per heavy atom. The summed E-state index contributed by atoms with van der Waals surface area (Å²) < 4.78 is 76.7. The number of ketones is 5. The van der Waals surface area contributed by atoms with Gasteiger partial charge in [-0.3, -0.25) is 43.2 Å². The Hall–Kier alpha value is -5.64. The average molecular weight is 1530 g/mol. The highest BCUT2D eigenvalue weighted by molar-refractivity contribution is 5.80. The van der Waals surface area contributed by atoms with Gasteiger partial charge in [-0.1, -0.05) is 105 Å². The first kappa shape index (κ1) is 94.7. The summed E-state index contributed by atoms with van der Waals surface area (Å²) in [5.74, 6) is 1.10. The number of benzene rings is 1. The second-order valence-corrected chi connectivity index (χ2v) is 30.7. The van der Waals surface area contributed by atoms with Crippen LogP contribution in [0.1, 0.15) is 249 Å². The predicted molar refractivity (Wildman–Crippen MR) is 405 cm³/mol. The molecular formula is C83H136N2O23. The molecule has 108 heavy (non-hydrogen) atoms. The summed E-state index contributed by atoms with van der Waals surface area (Å²) in [6, 6.07) is 9.14. The molecule has 0 aromatic heterocycles. The fourth-order valence-corrected chi connectivity index (χ4v) is 13.7. The molecule has 6 unspecified atom stereocenters. The number of ether oxygens (including phenoxy) is 13. The molecule has 2 N–H and O–H groups in total. The minimum absolute atomic E-state index is 0.0124. The zero-order valence-corrected chi connectivity index (χ0v) is 67.5. The molecule has 3 fully saturated rings. The van der Waals surface area contributed by atoms with E-state index in [0.29, 0.717) is 185 Å². The van der Waals surface area contributed by atoms with Gasteiger partial charge >= 0.3 is 24.0 Å². The lowest BCUT2D eigenvalue weighted by Gasteiger charge is -2.43. The maximum Gasteiger partial charge on any atom is 0.408 e. The van der Waals surface area contributed by atoms with Crippen LogP contribution in [0.4, 0.5) is 4.79 Å². The van der Waals surface area contributed by atoms with Crippen molar-refractivity contribution in [2.75, 3.05) is 85.8 Å². The van der Waals surface area contributed by atoms with E-state index in [1.165, 1.54) is 20.8 Å². The second kappa shape index (κ2) is 54.1. The van der Waals surface area contributed by atoms with E-state index in [-0.39, 0.29) is 192 Å². The summed E-state index contributed by atoms with van der Waals surface area (Å²) in [6.45, 7) is 24.8. The minimum Gasteiger partial charge on any atom is -0.463 e. The third-order valence-electron chi connectivity index (χ3n) is 22.0. The number of carbonyl (C=O) groups is 10. The number of unbranched alkanes of at least 4 members (excludes halogenated alkanes) is 8. The van der Waals surface area contributed by atoms with Crippen molar-refractivity contribution in [2.45, 2.75) is 293 Å². The predicted octanol–water partition coefficient (Wildman–Crippen LogP) is 13.1. The van der Waals surface area contributed by atoms with Gasteiger partial charge in [-0.15, -0.1) is 0 Å². The zero-order chi connectivity index (χ0) is 79.2. The van der Waals surface area contributed by atoms with Gasteiger partial charge in [0.1, 0.15) is 60.9 Å².